The molecular weight excluding hydrogens is 286 g/mol. The topological polar surface area (TPSA) is 70.6 Å². The van der Waals surface area contributed by atoms with E-state index in [1.165, 1.54) is 24.0 Å². The average Bonchev–Trinajstić information content (AvgIpc) is 3.02. The van der Waals surface area contributed by atoms with Gasteiger partial charge >= 0.3 is 0 Å². The van der Waals surface area contributed by atoms with Crippen LogP contribution in [-0.4, -0.2) is 17.6 Å². The van der Waals surface area contributed by atoms with Crippen molar-refractivity contribution in [3.63, 3.8) is 0 Å². The predicted molar refractivity (Wildman–Crippen MR) is 94.6 cm³/mol. The number of hydrogen-bond acceptors (Lipinski definition) is 2. The highest BCUT2D eigenvalue weighted by Crippen LogP contribution is 2.25. The van der Waals surface area contributed by atoms with Gasteiger partial charge in [-0.05, 0) is 55.0 Å². The van der Waals surface area contributed by atoms with Gasteiger partial charge in [0.1, 0.15) is 5.60 Å². The summed E-state index contributed by atoms with van der Waals surface area (Å²) in [6.07, 6.45) is 3.52. The molecule has 120 valence electrons. The quantitative estimate of drug-likeness (QED) is 0.601. The minimum absolute atomic E-state index is 0.209. The third kappa shape index (κ3) is 3.71. The number of aliphatic imine (C=N–C) groups is 1. The molecule has 4 heteroatoms. The highest BCUT2D eigenvalue weighted by atomic mass is 16.3. The SMILES string of the molecule is CC(O)(CN=C(N)Nc1ccc2c(c1)CCC2)c1ccccc1. The molecule has 0 fully saturated rings. The van der Waals surface area contributed by atoms with Crippen LogP contribution in [-0.2, 0) is 18.4 Å². The van der Waals surface area contributed by atoms with E-state index >= 15 is 0 Å². The van der Waals surface area contributed by atoms with Crippen LogP contribution in [0.5, 0.6) is 0 Å². The molecule has 3 rings (SSSR count). The van der Waals surface area contributed by atoms with Gasteiger partial charge in [0, 0.05) is 5.69 Å². The van der Waals surface area contributed by atoms with Crippen LogP contribution in [0.25, 0.3) is 0 Å². The second kappa shape index (κ2) is 6.42. The van der Waals surface area contributed by atoms with E-state index in [-0.39, 0.29) is 6.54 Å². The number of hydrogen-bond donors (Lipinski definition) is 3. The van der Waals surface area contributed by atoms with Gasteiger partial charge < -0.3 is 16.2 Å². The lowest BCUT2D eigenvalue weighted by molar-refractivity contribution is 0.0674. The van der Waals surface area contributed by atoms with E-state index in [0.29, 0.717) is 5.96 Å². The summed E-state index contributed by atoms with van der Waals surface area (Å²) in [5.41, 5.74) is 9.52. The average molecular weight is 309 g/mol. The molecule has 0 heterocycles. The molecule has 0 saturated carbocycles. The van der Waals surface area contributed by atoms with E-state index in [1.54, 1.807) is 6.92 Å². The van der Waals surface area contributed by atoms with E-state index in [2.05, 4.69) is 22.4 Å². The zero-order valence-corrected chi connectivity index (χ0v) is 13.4. The van der Waals surface area contributed by atoms with Crippen molar-refractivity contribution in [3.05, 3.63) is 65.2 Å². The molecule has 0 bridgehead atoms. The van der Waals surface area contributed by atoms with Crippen molar-refractivity contribution in [2.24, 2.45) is 10.7 Å². The Morgan fingerprint density at radius 1 is 1.17 bits per heavy atom. The highest BCUT2D eigenvalue weighted by Gasteiger charge is 2.22. The molecule has 1 atom stereocenters. The number of benzene rings is 2. The Hall–Kier alpha value is -2.33. The molecule has 23 heavy (non-hydrogen) atoms. The van der Waals surface area contributed by atoms with Crippen LogP contribution in [0, 0.1) is 0 Å². The number of rotatable bonds is 4. The third-order valence-corrected chi connectivity index (χ3v) is 4.32. The summed E-state index contributed by atoms with van der Waals surface area (Å²) in [6.45, 7) is 1.95. The van der Waals surface area contributed by atoms with E-state index in [9.17, 15) is 5.11 Å². The summed E-state index contributed by atoms with van der Waals surface area (Å²) < 4.78 is 0. The largest absolute Gasteiger partial charge is 0.384 e. The number of nitrogens with one attached hydrogen (secondary N) is 1. The fourth-order valence-corrected chi connectivity index (χ4v) is 2.96. The maximum atomic E-state index is 10.5. The molecule has 0 saturated heterocycles. The maximum absolute atomic E-state index is 10.5. The Labute approximate surface area is 137 Å². The molecule has 4 N–H and O–H groups in total. The molecule has 1 unspecified atom stereocenters. The Balaban J connectivity index is 1.66. The van der Waals surface area contributed by atoms with Gasteiger partial charge in [-0.25, -0.2) is 4.99 Å². The smallest absolute Gasteiger partial charge is 0.193 e. The first-order valence-electron chi connectivity index (χ1n) is 8.01. The molecule has 4 nitrogen and oxygen atoms in total. The lowest BCUT2D eigenvalue weighted by Gasteiger charge is -2.21. The molecule has 2 aromatic carbocycles. The number of guanidine groups is 1. The van der Waals surface area contributed by atoms with Gasteiger partial charge in [-0.15, -0.1) is 0 Å². The van der Waals surface area contributed by atoms with Crippen LogP contribution in [0.15, 0.2) is 53.5 Å². The Morgan fingerprint density at radius 2 is 1.91 bits per heavy atom. The molecule has 0 aromatic heterocycles. The van der Waals surface area contributed by atoms with Gasteiger partial charge in [0.05, 0.1) is 6.54 Å². The van der Waals surface area contributed by atoms with Gasteiger partial charge in [0.25, 0.3) is 0 Å². The lowest BCUT2D eigenvalue weighted by Crippen LogP contribution is -2.29. The Morgan fingerprint density at radius 3 is 2.70 bits per heavy atom. The molecule has 0 radical (unpaired) electrons. The summed E-state index contributed by atoms with van der Waals surface area (Å²) in [6, 6.07) is 15.8. The first kappa shape index (κ1) is 15.6. The molecule has 0 aliphatic heterocycles. The summed E-state index contributed by atoms with van der Waals surface area (Å²) in [7, 11) is 0. The fourth-order valence-electron chi connectivity index (χ4n) is 2.96. The number of aliphatic hydroxyl groups is 1. The van der Waals surface area contributed by atoms with Crippen LogP contribution in [0.1, 0.15) is 30.0 Å². The van der Waals surface area contributed by atoms with Crippen LogP contribution in [0.4, 0.5) is 5.69 Å². The summed E-state index contributed by atoms with van der Waals surface area (Å²) in [5.74, 6) is 0.319. The number of aryl methyl sites for hydroxylation is 2. The van der Waals surface area contributed by atoms with E-state index in [1.807, 2.05) is 36.4 Å². The highest BCUT2D eigenvalue weighted by molar-refractivity contribution is 5.92. The second-order valence-corrected chi connectivity index (χ2v) is 6.30. The van der Waals surface area contributed by atoms with Crippen LogP contribution in [0.2, 0.25) is 0 Å². The fraction of sp³-hybridized carbons (Fsp3) is 0.316. The van der Waals surface area contributed by atoms with Crippen molar-refractivity contribution in [1.29, 1.82) is 0 Å². The second-order valence-electron chi connectivity index (χ2n) is 6.30. The molecule has 0 amide bonds. The Bertz CT molecular complexity index is 708. The van der Waals surface area contributed by atoms with Crippen molar-refractivity contribution in [2.45, 2.75) is 31.8 Å². The summed E-state index contributed by atoms with van der Waals surface area (Å²) >= 11 is 0. The first-order valence-corrected chi connectivity index (χ1v) is 8.01. The molecule has 1 aliphatic rings. The minimum Gasteiger partial charge on any atom is -0.384 e. The monoisotopic (exact) mass is 309 g/mol. The molecule has 2 aromatic rings. The van der Waals surface area contributed by atoms with Crippen LogP contribution in [0.3, 0.4) is 0 Å². The van der Waals surface area contributed by atoms with Crippen molar-refractivity contribution in [2.75, 3.05) is 11.9 Å². The normalized spacial score (nSPS) is 16.7. The van der Waals surface area contributed by atoms with Crippen LogP contribution < -0.4 is 11.1 Å². The maximum Gasteiger partial charge on any atom is 0.193 e. The number of nitrogens with two attached hydrogens (primary N) is 1. The first-order chi connectivity index (χ1) is 11.0. The van der Waals surface area contributed by atoms with Gasteiger partial charge in [0.2, 0.25) is 0 Å². The van der Waals surface area contributed by atoms with Crippen molar-refractivity contribution >= 4 is 11.6 Å². The standard InChI is InChI=1S/C19H23N3O/c1-19(23,16-8-3-2-4-9-16)13-21-18(20)22-17-11-10-14-6-5-7-15(14)12-17/h2-4,8-12,23H,5-7,13H2,1H3,(H3,20,21,22). The molecule has 0 spiro atoms. The lowest BCUT2D eigenvalue weighted by atomic mass is 9.96. The molecular formula is C19H23N3O. The zero-order valence-electron chi connectivity index (χ0n) is 13.4. The van der Waals surface area contributed by atoms with Gasteiger partial charge in [-0.2, -0.15) is 0 Å². The van der Waals surface area contributed by atoms with Gasteiger partial charge in [-0.1, -0.05) is 36.4 Å². The third-order valence-electron chi connectivity index (χ3n) is 4.32. The van der Waals surface area contributed by atoms with E-state index in [0.717, 1.165) is 17.7 Å². The summed E-state index contributed by atoms with van der Waals surface area (Å²) in [4.78, 5) is 4.29. The minimum atomic E-state index is -1.04. The van der Waals surface area contributed by atoms with Crippen LogP contribution >= 0.6 is 0 Å². The summed E-state index contributed by atoms with van der Waals surface area (Å²) in [5, 5.41) is 13.6. The zero-order chi connectivity index (χ0) is 16.3. The number of nitrogens with zero attached hydrogens (tertiary/aromatic N) is 1. The van der Waals surface area contributed by atoms with Crippen molar-refractivity contribution in [3.8, 4) is 0 Å². The van der Waals surface area contributed by atoms with E-state index < -0.39 is 5.60 Å². The van der Waals surface area contributed by atoms with Gasteiger partial charge in [-0.3, -0.25) is 0 Å². The Kier molecular flexibility index (Phi) is 4.35. The number of fused-ring (bicyclic) bond motifs is 1. The van der Waals surface area contributed by atoms with Crippen molar-refractivity contribution in [1.82, 2.24) is 0 Å². The van der Waals surface area contributed by atoms with E-state index in [4.69, 9.17) is 5.73 Å². The molecule has 1 aliphatic carbocycles. The van der Waals surface area contributed by atoms with Gasteiger partial charge in [0.15, 0.2) is 5.96 Å². The number of anilines is 1. The van der Waals surface area contributed by atoms with Crippen molar-refractivity contribution < 1.29 is 5.11 Å². The predicted octanol–water partition coefficient (Wildman–Crippen LogP) is 2.81.